The van der Waals surface area contributed by atoms with E-state index in [4.69, 9.17) is 16.9 Å². The van der Waals surface area contributed by atoms with Crippen molar-refractivity contribution in [1.82, 2.24) is 0 Å². The summed E-state index contributed by atoms with van der Waals surface area (Å²) in [5, 5.41) is 8.89. The fourth-order valence-corrected chi connectivity index (χ4v) is 1.44. The summed E-state index contributed by atoms with van der Waals surface area (Å²) in [5.74, 6) is 0.108. The first-order valence-corrected chi connectivity index (χ1v) is 5.02. The van der Waals surface area contributed by atoms with E-state index < -0.39 is 0 Å². The number of hydrogen-bond donors (Lipinski definition) is 0. The van der Waals surface area contributed by atoms with Gasteiger partial charge in [-0.3, -0.25) is 0 Å². The highest BCUT2D eigenvalue weighted by molar-refractivity contribution is 6.17. The van der Waals surface area contributed by atoms with E-state index in [0.29, 0.717) is 5.88 Å². The zero-order valence-corrected chi connectivity index (χ0v) is 8.47. The molecule has 0 amide bonds. The number of rotatable bonds is 4. The number of halogens is 2. The summed E-state index contributed by atoms with van der Waals surface area (Å²) in [4.78, 5) is 0. The van der Waals surface area contributed by atoms with Gasteiger partial charge < -0.3 is 0 Å². The Morgan fingerprint density at radius 3 is 2.50 bits per heavy atom. The van der Waals surface area contributed by atoms with Gasteiger partial charge in [-0.05, 0) is 30.5 Å². The predicted molar refractivity (Wildman–Crippen MR) is 54.7 cm³/mol. The third-order valence-electron chi connectivity index (χ3n) is 2.05. The molecule has 0 radical (unpaired) electrons. The van der Waals surface area contributed by atoms with Gasteiger partial charge >= 0.3 is 0 Å². The van der Waals surface area contributed by atoms with E-state index in [2.05, 4.69) is 6.07 Å². The standard InChI is InChI=1S/C11H11ClFN/c12-7-1-2-10(8-14)9-3-5-11(13)6-4-9/h3-6,10H,1-2,7H2. The first kappa shape index (κ1) is 11.0. The topological polar surface area (TPSA) is 23.8 Å². The molecule has 0 saturated heterocycles. The summed E-state index contributed by atoms with van der Waals surface area (Å²) in [7, 11) is 0. The largest absolute Gasteiger partial charge is 0.207 e. The van der Waals surface area contributed by atoms with Crippen LogP contribution in [0.4, 0.5) is 4.39 Å². The summed E-state index contributed by atoms with van der Waals surface area (Å²) < 4.78 is 12.6. The number of alkyl halides is 1. The van der Waals surface area contributed by atoms with E-state index in [1.165, 1.54) is 12.1 Å². The van der Waals surface area contributed by atoms with Crippen molar-refractivity contribution >= 4 is 11.6 Å². The predicted octanol–water partition coefficient (Wildman–Crippen LogP) is 3.45. The molecule has 1 unspecified atom stereocenters. The van der Waals surface area contributed by atoms with Crippen LogP contribution in [0.1, 0.15) is 24.3 Å². The fraction of sp³-hybridized carbons (Fsp3) is 0.364. The number of hydrogen-bond acceptors (Lipinski definition) is 1. The van der Waals surface area contributed by atoms with E-state index in [1.54, 1.807) is 12.1 Å². The van der Waals surface area contributed by atoms with Crippen LogP contribution in [0, 0.1) is 17.1 Å². The summed E-state index contributed by atoms with van der Waals surface area (Å²) >= 11 is 5.55. The van der Waals surface area contributed by atoms with Crippen molar-refractivity contribution in [3.05, 3.63) is 35.6 Å². The van der Waals surface area contributed by atoms with Gasteiger partial charge in [0.15, 0.2) is 0 Å². The maximum atomic E-state index is 12.6. The van der Waals surface area contributed by atoms with Crippen LogP contribution in [0.25, 0.3) is 0 Å². The van der Waals surface area contributed by atoms with Crippen LogP contribution in [0.3, 0.4) is 0 Å². The lowest BCUT2D eigenvalue weighted by Gasteiger charge is -2.07. The average Bonchev–Trinajstić information content (AvgIpc) is 2.21. The molecular weight excluding hydrogens is 201 g/mol. The maximum absolute atomic E-state index is 12.6. The van der Waals surface area contributed by atoms with Crippen LogP contribution in [0.5, 0.6) is 0 Å². The van der Waals surface area contributed by atoms with Crippen LogP contribution in [-0.2, 0) is 0 Å². The molecule has 0 saturated carbocycles. The molecule has 0 aliphatic carbocycles. The van der Waals surface area contributed by atoms with Gasteiger partial charge in [-0.2, -0.15) is 5.26 Å². The molecule has 0 N–H and O–H groups in total. The Morgan fingerprint density at radius 2 is 2.00 bits per heavy atom. The molecule has 0 bridgehead atoms. The monoisotopic (exact) mass is 211 g/mol. The Kier molecular flexibility index (Phi) is 4.42. The molecule has 0 fully saturated rings. The number of nitriles is 1. The van der Waals surface area contributed by atoms with E-state index in [-0.39, 0.29) is 11.7 Å². The lowest BCUT2D eigenvalue weighted by atomic mass is 9.96. The van der Waals surface area contributed by atoms with Gasteiger partial charge in [0.25, 0.3) is 0 Å². The van der Waals surface area contributed by atoms with Gasteiger partial charge in [0.2, 0.25) is 0 Å². The Balaban J connectivity index is 2.70. The first-order chi connectivity index (χ1) is 6.77. The van der Waals surface area contributed by atoms with Gasteiger partial charge in [0.05, 0.1) is 12.0 Å². The zero-order valence-electron chi connectivity index (χ0n) is 7.71. The van der Waals surface area contributed by atoms with E-state index in [1.807, 2.05) is 0 Å². The molecule has 0 heterocycles. The molecule has 14 heavy (non-hydrogen) atoms. The minimum absolute atomic E-state index is 0.172. The van der Waals surface area contributed by atoms with Gasteiger partial charge in [-0.25, -0.2) is 4.39 Å². The van der Waals surface area contributed by atoms with Crippen molar-refractivity contribution in [2.45, 2.75) is 18.8 Å². The van der Waals surface area contributed by atoms with E-state index >= 15 is 0 Å². The summed E-state index contributed by atoms with van der Waals surface area (Å²) in [6.45, 7) is 0. The van der Waals surface area contributed by atoms with Crippen molar-refractivity contribution in [3.63, 3.8) is 0 Å². The van der Waals surface area contributed by atoms with Crippen molar-refractivity contribution in [2.24, 2.45) is 0 Å². The Hall–Kier alpha value is -1.07. The zero-order chi connectivity index (χ0) is 10.4. The Morgan fingerprint density at radius 1 is 1.36 bits per heavy atom. The van der Waals surface area contributed by atoms with Crippen LogP contribution < -0.4 is 0 Å². The molecule has 1 aromatic carbocycles. The van der Waals surface area contributed by atoms with Gasteiger partial charge in [-0.15, -0.1) is 11.6 Å². The quantitative estimate of drug-likeness (QED) is 0.700. The van der Waals surface area contributed by atoms with Gasteiger partial charge in [0, 0.05) is 5.88 Å². The second kappa shape index (κ2) is 5.62. The molecule has 1 atom stereocenters. The molecule has 0 spiro atoms. The Labute approximate surface area is 88.1 Å². The maximum Gasteiger partial charge on any atom is 0.123 e. The van der Waals surface area contributed by atoms with Crippen molar-refractivity contribution < 1.29 is 4.39 Å². The van der Waals surface area contributed by atoms with Crippen LogP contribution in [0.2, 0.25) is 0 Å². The van der Waals surface area contributed by atoms with Gasteiger partial charge in [0.1, 0.15) is 5.82 Å². The van der Waals surface area contributed by atoms with Crippen LogP contribution >= 0.6 is 11.6 Å². The molecule has 1 aromatic rings. The summed E-state index contributed by atoms with van der Waals surface area (Å²) in [6.07, 6.45) is 1.53. The molecular formula is C11H11ClFN. The molecule has 74 valence electrons. The van der Waals surface area contributed by atoms with Crippen molar-refractivity contribution in [1.29, 1.82) is 5.26 Å². The third-order valence-corrected chi connectivity index (χ3v) is 2.32. The third kappa shape index (κ3) is 3.01. The Bertz CT molecular complexity index is 315. The minimum atomic E-state index is -0.275. The van der Waals surface area contributed by atoms with E-state index in [0.717, 1.165) is 18.4 Å². The highest BCUT2D eigenvalue weighted by Crippen LogP contribution is 2.20. The lowest BCUT2D eigenvalue weighted by molar-refractivity contribution is 0.625. The number of benzene rings is 1. The van der Waals surface area contributed by atoms with Crippen molar-refractivity contribution in [3.8, 4) is 6.07 Å². The smallest absolute Gasteiger partial charge is 0.123 e. The van der Waals surface area contributed by atoms with Crippen LogP contribution in [-0.4, -0.2) is 5.88 Å². The molecule has 0 aromatic heterocycles. The highest BCUT2D eigenvalue weighted by Gasteiger charge is 2.09. The molecule has 1 nitrogen and oxygen atoms in total. The van der Waals surface area contributed by atoms with Gasteiger partial charge in [-0.1, -0.05) is 12.1 Å². The molecule has 3 heteroatoms. The molecule has 1 rings (SSSR count). The molecule has 0 aliphatic rings. The molecule has 0 aliphatic heterocycles. The minimum Gasteiger partial charge on any atom is -0.207 e. The number of nitrogens with zero attached hydrogens (tertiary/aromatic N) is 1. The second-order valence-electron chi connectivity index (χ2n) is 3.06. The first-order valence-electron chi connectivity index (χ1n) is 4.49. The highest BCUT2D eigenvalue weighted by atomic mass is 35.5. The average molecular weight is 212 g/mol. The SMILES string of the molecule is N#CC(CCCCl)c1ccc(F)cc1. The van der Waals surface area contributed by atoms with E-state index in [9.17, 15) is 4.39 Å². The van der Waals surface area contributed by atoms with Crippen molar-refractivity contribution in [2.75, 3.05) is 5.88 Å². The second-order valence-corrected chi connectivity index (χ2v) is 3.44. The summed E-state index contributed by atoms with van der Waals surface area (Å²) in [5.41, 5.74) is 0.860. The lowest BCUT2D eigenvalue weighted by Crippen LogP contribution is -1.96. The normalized spacial score (nSPS) is 12.1. The fourth-order valence-electron chi connectivity index (χ4n) is 1.28. The van der Waals surface area contributed by atoms with Crippen LogP contribution in [0.15, 0.2) is 24.3 Å². The summed E-state index contributed by atoms with van der Waals surface area (Å²) in [6, 6.07) is 8.24.